The summed E-state index contributed by atoms with van der Waals surface area (Å²) in [5.74, 6) is 0.636. The molecule has 0 bridgehead atoms. The maximum atomic E-state index is 11.8. The van der Waals surface area contributed by atoms with E-state index >= 15 is 0 Å². The summed E-state index contributed by atoms with van der Waals surface area (Å²) < 4.78 is 0. The topological polar surface area (TPSA) is 40.5 Å². The summed E-state index contributed by atoms with van der Waals surface area (Å²) in [7, 11) is 0. The van der Waals surface area contributed by atoms with E-state index in [1.807, 2.05) is 18.2 Å². The lowest BCUT2D eigenvalue weighted by atomic mass is 9.55. The van der Waals surface area contributed by atoms with E-state index in [-0.39, 0.29) is 21.7 Å². The lowest BCUT2D eigenvalue weighted by molar-refractivity contribution is 0.264. The van der Waals surface area contributed by atoms with Crippen LogP contribution in [0.4, 0.5) is 0 Å². The molecule has 0 radical (unpaired) electrons. The second-order valence-electron chi connectivity index (χ2n) is 16.3. The van der Waals surface area contributed by atoms with E-state index in [0.717, 1.165) is 27.8 Å². The summed E-state index contributed by atoms with van der Waals surface area (Å²) in [6, 6.07) is 42.4. The molecule has 0 aliphatic rings. The van der Waals surface area contributed by atoms with Crippen molar-refractivity contribution in [2.75, 3.05) is 0 Å². The van der Waals surface area contributed by atoms with Gasteiger partial charge in [0.25, 0.3) is 0 Å². The van der Waals surface area contributed by atoms with Gasteiger partial charge in [-0.2, -0.15) is 0 Å². The summed E-state index contributed by atoms with van der Waals surface area (Å²) >= 11 is 0. The molecule has 0 aliphatic heterocycles. The van der Waals surface area contributed by atoms with Gasteiger partial charge >= 0.3 is 0 Å². The largest absolute Gasteiger partial charge is 0.508 e. The summed E-state index contributed by atoms with van der Waals surface area (Å²) in [5.41, 5.74) is 7.17. The van der Waals surface area contributed by atoms with Gasteiger partial charge < -0.3 is 10.2 Å². The van der Waals surface area contributed by atoms with Crippen LogP contribution in [0.15, 0.2) is 121 Å². The molecule has 2 nitrogen and oxygen atoms in total. The Hall–Kier alpha value is -4.30. The first-order valence-electron chi connectivity index (χ1n) is 16.8. The molecular weight excluding hydrogens is 572 g/mol. The van der Waals surface area contributed by atoms with Crippen molar-refractivity contribution in [1.29, 1.82) is 0 Å². The van der Waals surface area contributed by atoms with Crippen molar-refractivity contribution in [2.24, 2.45) is 5.41 Å². The van der Waals surface area contributed by atoms with Crippen LogP contribution < -0.4 is 0 Å². The zero-order valence-corrected chi connectivity index (χ0v) is 29.9. The molecule has 0 amide bonds. The zero-order chi connectivity index (χ0) is 34.4. The van der Waals surface area contributed by atoms with Gasteiger partial charge in [0.1, 0.15) is 11.5 Å². The third kappa shape index (κ3) is 6.00. The van der Waals surface area contributed by atoms with Crippen molar-refractivity contribution >= 4 is 0 Å². The second-order valence-corrected chi connectivity index (χ2v) is 16.3. The SMILES string of the molecule is CC(C)(C)c1cc(C(C)(C)c2cccc(C(C)(C)c3ccc(O)c(C(c4ccccc4)(c4ccccc4)C(C)(C)C)c3)c2)ccc1O. The van der Waals surface area contributed by atoms with Crippen molar-refractivity contribution in [3.63, 3.8) is 0 Å². The molecule has 0 aromatic heterocycles. The number of phenols is 2. The molecule has 5 aromatic rings. The van der Waals surface area contributed by atoms with Crippen LogP contribution >= 0.6 is 0 Å². The first kappa shape index (κ1) is 34.0. The minimum Gasteiger partial charge on any atom is -0.508 e. The Bertz CT molecular complexity index is 1810. The highest BCUT2D eigenvalue weighted by Crippen LogP contribution is 2.55. The van der Waals surface area contributed by atoms with E-state index in [1.165, 1.54) is 16.7 Å². The lowest BCUT2D eigenvalue weighted by Crippen LogP contribution is -2.42. The van der Waals surface area contributed by atoms with E-state index < -0.39 is 5.41 Å². The van der Waals surface area contributed by atoms with Crippen LogP contribution in [0.3, 0.4) is 0 Å². The van der Waals surface area contributed by atoms with E-state index in [1.54, 1.807) is 0 Å². The normalized spacial score (nSPS) is 13.1. The van der Waals surface area contributed by atoms with Crippen LogP contribution in [-0.4, -0.2) is 10.2 Å². The maximum absolute atomic E-state index is 11.8. The Balaban J connectivity index is 1.67. The third-order valence-electron chi connectivity index (χ3n) is 10.5. The average Bonchev–Trinajstić information content (AvgIpc) is 3.02. The Kier molecular flexibility index (Phi) is 8.73. The van der Waals surface area contributed by atoms with Gasteiger partial charge in [0.2, 0.25) is 0 Å². The van der Waals surface area contributed by atoms with Gasteiger partial charge in [-0.3, -0.25) is 0 Å². The Labute approximate surface area is 283 Å². The molecule has 5 rings (SSSR count). The smallest absolute Gasteiger partial charge is 0.120 e. The monoisotopic (exact) mass is 624 g/mol. The van der Waals surface area contributed by atoms with Crippen molar-refractivity contribution in [2.45, 2.75) is 90.9 Å². The fourth-order valence-electron chi connectivity index (χ4n) is 7.50. The summed E-state index contributed by atoms with van der Waals surface area (Å²) in [4.78, 5) is 0. The van der Waals surface area contributed by atoms with Gasteiger partial charge in [-0.05, 0) is 68.0 Å². The Morgan fingerprint density at radius 1 is 0.362 bits per heavy atom. The zero-order valence-electron chi connectivity index (χ0n) is 29.9. The summed E-state index contributed by atoms with van der Waals surface area (Å²) in [5, 5.41) is 22.4. The third-order valence-corrected chi connectivity index (χ3v) is 10.5. The maximum Gasteiger partial charge on any atom is 0.120 e. The molecule has 0 heterocycles. The van der Waals surface area contributed by atoms with E-state index in [9.17, 15) is 10.2 Å². The number of aromatic hydroxyl groups is 2. The van der Waals surface area contributed by atoms with Gasteiger partial charge in [-0.15, -0.1) is 0 Å². The quantitative estimate of drug-likeness (QED) is 0.177. The van der Waals surface area contributed by atoms with Gasteiger partial charge in [0.15, 0.2) is 0 Å². The molecule has 0 spiro atoms. The molecule has 0 saturated heterocycles. The van der Waals surface area contributed by atoms with Gasteiger partial charge in [0, 0.05) is 16.4 Å². The second kappa shape index (κ2) is 12.1. The average molecular weight is 625 g/mol. The van der Waals surface area contributed by atoms with Crippen molar-refractivity contribution in [1.82, 2.24) is 0 Å². The first-order valence-corrected chi connectivity index (χ1v) is 16.8. The fraction of sp³-hybridized carbons (Fsp3) is 0.333. The number of rotatable bonds is 7. The van der Waals surface area contributed by atoms with E-state index in [0.29, 0.717) is 11.5 Å². The first-order chi connectivity index (χ1) is 21.9. The minimum absolute atomic E-state index is 0.168. The molecule has 5 aromatic carbocycles. The predicted octanol–water partition coefficient (Wildman–Crippen LogP) is 11.4. The number of benzene rings is 5. The van der Waals surface area contributed by atoms with Gasteiger partial charge in [0.05, 0.1) is 5.41 Å². The molecule has 47 heavy (non-hydrogen) atoms. The van der Waals surface area contributed by atoms with Crippen LogP contribution in [0.1, 0.15) is 114 Å². The number of hydrogen-bond donors (Lipinski definition) is 2. The Morgan fingerprint density at radius 2 is 0.723 bits per heavy atom. The van der Waals surface area contributed by atoms with Crippen LogP contribution in [0.2, 0.25) is 0 Å². The number of phenolic OH excluding ortho intramolecular Hbond substituents is 2. The van der Waals surface area contributed by atoms with Gasteiger partial charge in [-0.1, -0.05) is 172 Å². The molecule has 0 fully saturated rings. The molecule has 0 aliphatic carbocycles. The van der Waals surface area contributed by atoms with Crippen LogP contribution in [0, 0.1) is 5.41 Å². The predicted molar refractivity (Wildman–Crippen MR) is 198 cm³/mol. The standard InChI is InChI=1S/C45H52O2/c1-41(2,3)37-29-35(24-26-39(37)46)43(7,8)33-22-17-23-34(28-33)44(9,10)36-25-27-40(47)38(30-36)45(42(4,5)6,31-18-13-11-14-19-31)32-20-15-12-16-21-32/h11-30,46-47H,1-10H3. The van der Waals surface area contributed by atoms with E-state index in [2.05, 4.69) is 172 Å². The van der Waals surface area contributed by atoms with Crippen LogP contribution in [0.5, 0.6) is 11.5 Å². The molecular formula is C45H52O2. The molecule has 244 valence electrons. The van der Waals surface area contributed by atoms with Crippen molar-refractivity contribution in [3.05, 3.63) is 166 Å². The summed E-state index contributed by atoms with van der Waals surface area (Å²) in [6.07, 6.45) is 0. The van der Waals surface area contributed by atoms with E-state index in [4.69, 9.17) is 0 Å². The van der Waals surface area contributed by atoms with Crippen LogP contribution in [0.25, 0.3) is 0 Å². The van der Waals surface area contributed by atoms with Crippen molar-refractivity contribution < 1.29 is 10.2 Å². The van der Waals surface area contributed by atoms with Crippen LogP contribution in [-0.2, 0) is 21.7 Å². The fourth-order valence-corrected chi connectivity index (χ4v) is 7.50. The Morgan fingerprint density at radius 3 is 1.13 bits per heavy atom. The number of hydrogen-bond acceptors (Lipinski definition) is 2. The van der Waals surface area contributed by atoms with Gasteiger partial charge in [-0.25, -0.2) is 0 Å². The lowest BCUT2D eigenvalue weighted by Gasteiger charge is -2.47. The molecule has 0 unspecified atom stereocenters. The molecule has 0 saturated carbocycles. The highest BCUT2D eigenvalue weighted by Gasteiger charge is 2.48. The molecule has 2 N–H and O–H groups in total. The highest BCUT2D eigenvalue weighted by atomic mass is 16.3. The molecule has 2 heteroatoms. The highest BCUT2D eigenvalue weighted by molar-refractivity contribution is 5.59. The summed E-state index contributed by atoms with van der Waals surface area (Å²) in [6.45, 7) is 22.3. The van der Waals surface area contributed by atoms with Crippen molar-refractivity contribution in [3.8, 4) is 11.5 Å². The molecule has 0 atom stereocenters. The minimum atomic E-state index is -0.612.